The van der Waals surface area contributed by atoms with E-state index in [-0.39, 0.29) is 24.1 Å². The fraction of sp³-hybridized carbons (Fsp3) is 0.278. The largest absolute Gasteiger partial charge is 0.481 e. The molecule has 0 aliphatic rings. The number of amides is 1. The van der Waals surface area contributed by atoms with Crippen molar-refractivity contribution in [2.45, 2.75) is 26.4 Å². The first-order valence-corrected chi connectivity index (χ1v) is 8.69. The Labute approximate surface area is 169 Å². The summed E-state index contributed by atoms with van der Waals surface area (Å²) in [6, 6.07) is 3.72. The van der Waals surface area contributed by atoms with E-state index in [1.807, 2.05) is 0 Å². The first kappa shape index (κ1) is 21.0. The van der Waals surface area contributed by atoms with Gasteiger partial charge in [-0.05, 0) is 26.0 Å². The maximum absolute atomic E-state index is 12.7. The van der Waals surface area contributed by atoms with Gasteiger partial charge in [0.05, 0.1) is 24.8 Å². The molecule has 0 fully saturated rings. The summed E-state index contributed by atoms with van der Waals surface area (Å²) >= 11 is 0. The van der Waals surface area contributed by atoms with Crippen molar-refractivity contribution in [3.8, 4) is 11.7 Å². The number of carbonyl (C=O) groups is 1. The van der Waals surface area contributed by atoms with Crippen LogP contribution in [0.1, 0.15) is 22.5 Å². The number of aromatic nitrogens is 5. The van der Waals surface area contributed by atoms with Crippen LogP contribution in [0.25, 0.3) is 5.82 Å². The van der Waals surface area contributed by atoms with E-state index in [0.29, 0.717) is 22.8 Å². The first-order valence-electron chi connectivity index (χ1n) is 8.69. The summed E-state index contributed by atoms with van der Waals surface area (Å²) in [5, 5.41) is 4.30. The molecule has 3 aromatic rings. The van der Waals surface area contributed by atoms with Gasteiger partial charge in [-0.25, -0.2) is 14.6 Å². The maximum atomic E-state index is 12.7. The van der Waals surface area contributed by atoms with Crippen molar-refractivity contribution in [3.05, 3.63) is 53.1 Å². The van der Waals surface area contributed by atoms with Gasteiger partial charge in [-0.2, -0.15) is 23.3 Å². The summed E-state index contributed by atoms with van der Waals surface area (Å²) in [5.41, 5.74) is 5.99. The first-order chi connectivity index (χ1) is 14.2. The number of anilines is 1. The summed E-state index contributed by atoms with van der Waals surface area (Å²) in [4.78, 5) is 24.1. The molecular formula is C18H18F3N7O2. The van der Waals surface area contributed by atoms with Crippen LogP contribution in [-0.2, 0) is 17.4 Å². The van der Waals surface area contributed by atoms with Crippen LogP contribution in [0.2, 0.25) is 0 Å². The lowest BCUT2D eigenvalue weighted by Gasteiger charge is -2.09. The topological polar surface area (TPSA) is 107 Å². The van der Waals surface area contributed by atoms with Crippen LogP contribution in [0.15, 0.2) is 30.6 Å². The minimum absolute atomic E-state index is 0.0186. The Morgan fingerprint density at radius 1 is 1.20 bits per heavy atom. The average molecular weight is 421 g/mol. The van der Waals surface area contributed by atoms with Gasteiger partial charge in [0.2, 0.25) is 17.7 Å². The molecule has 158 valence electrons. The van der Waals surface area contributed by atoms with Crippen LogP contribution >= 0.6 is 0 Å². The number of ether oxygens (including phenoxy) is 1. The predicted molar refractivity (Wildman–Crippen MR) is 99.9 cm³/mol. The Morgan fingerprint density at radius 3 is 2.60 bits per heavy atom. The molecule has 0 saturated heterocycles. The third-order valence-electron chi connectivity index (χ3n) is 4.22. The summed E-state index contributed by atoms with van der Waals surface area (Å²) < 4.78 is 44.5. The molecule has 0 radical (unpaired) electrons. The summed E-state index contributed by atoms with van der Waals surface area (Å²) in [6.45, 7) is 3.41. The Kier molecular flexibility index (Phi) is 5.85. The van der Waals surface area contributed by atoms with Crippen LogP contribution in [-0.4, -0.2) is 37.7 Å². The third kappa shape index (κ3) is 4.64. The minimum atomic E-state index is -4.47. The number of nitrogens with one attached hydrogen (secondary N) is 2. The lowest BCUT2D eigenvalue weighted by atomic mass is 10.1. The number of halogens is 3. The number of pyridine rings is 1. The van der Waals surface area contributed by atoms with Crippen molar-refractivity contribution >= 4 is 11.9 Å². The van der Waals surface area contributed by atoms with Gasteiger partial charge >= 0.3 is 6.18 Å². The molecule has 30 heavy (non-hydrogen) atoms. The van der Waals surface area contributed by atoms with Gasteiger partial charge in [0.1, 0.15) is 0 Å². The highest BCUT2D eigenvalue weighted by Gasteiger charge is 2.30. The molecular weight excluding hydrogens is 403 g/mol. The molecule has 3 rings (SSSR count). The number of nitrogens with zero attached hydrogens (tertiary/aromatic N) is 5. The molecule has 0 aliphatic carbocycles. The standard InChI is InChI=1S/C18H18F3N7O2/c1-10-13(8-15(29)25-26-17-22-7-6-16(24-17)30-3)11(2)28(27-10)14-5-4-12(9-23-14)18(19,20)21/h4-7,9H,8H2,1-3H3,(H,25,29)(H,22,24,26). The van der Waals surface area contributed by atoms with Crippen LogP contribution in [0.5, 0.6) is 5.88 Å². The highest BCUT2D eigenvalue weighted by Crippen LogP contribution is 2.29. The molecule has 12 heteroatoms. The molecule has 0 saturated carbocycles. The monoisotopic (exact) mass is 421 g/mol. The van der Waals surface area contributed by atoms with E-state index in [4.69, 9.17) is 4.74 Å². The van der Waals surface area contributed by atoms with Gasteiger partial charge in [0.25, 0.3) is 0 Å². The van der Waals surface area contributed by atoms with Crippen molar-refractivity contribution in [1.82, 2.24) is 30.2 Å². The van der Waals surface area contributed by atoms with Crippen molar-refractivity contribution in [2.75, 3.05) is 12.5 Å². The van der Waals surface area contributed by atoms with Crippen LogP contribution in [0, 0.1) is 13.8 Å². The number of methoxy groups -OCH3 is 1. The normalized spacial score (nSPS) is 11.3. The number of hydrogen-bond acceptors (Lipinski definition) is 7. The number of hydrogen-bond donors (Lipinski definition) is 2. The molecule has 1 amide bonds. The van der Waals surface area contributed by atoms with Crippen LogP contribution in [0.3, 0.4) is 0 Å². The maximum Gasteiger partial charge on any atom is 0.417 e. The SMILES string of the molecule is COc1ccnc(NNC(=O)Cc2c(C)nn(-c3ccc(C(F)(F)F)cn3)c2C)n1. The minimum Gasteiger partial charge on any atom is -0.481 e. The summed E-state index contributed by atoms with van der Waals surface area (Å²) in [6.07, 6.45) is -2.27. The van der Waals surface area contributed by atoms with E-state index in [1.165, 1.54) is 24.1 Å². The zero-order chi connectivity index (χ0) is 21.9. The highest BCUT2D eigenvalue weighted by molar-refractivity contribution is 5.80. The summed E-state index contributed by atoms with van der Waals surface area (Å²) in [7, 11) is 1.46. The third-order valence-corrected chi connectivity index (χ3v) is 4.22. The number of carbonyl (C=O) groups excluding carboxylic acids is 1. The number of aryl methyl sites for hydroxylation is 1. The van der Waals surface area contributed by atoms with Gasteiger partial charge < -0.3 is 4.74 Å². The van der Waals surface area contributed by atoms with Crippen molar-refractivity contribution in [3.63, 3.8) is 0 Å². The molecule has 0 spiro atoms. The molecule has 3 heterocycles. The predicted octanol–water partition coefficient (Wildman–Crippen LogP) is 2.39. The molecule has 0 atom stereocenters. The number of hydrazine groups is 1. The smallest absolute Gasteiger partial charge is 0.417 e. The highest BCUT2D eigenvalue weighted by atomic mass is 19.4. The quantitative estimate of drug-likeness (QED) is 0.589. The van der Waals surface area contributed by atoms with Crippen LogP contribution < -0.4 is 15.6 Å². The van der Waals surface area contributed by atoms with Crippen LogP contribution in [0.4, 0.5) is 19.1 Å². The fourth-order valence-electron chi connectivity index (χ4n) is 2.68. The molecule has 9 nitrogen and oxygen atoms in total. The van der Waals surface area contributed by atoms with E-state index in [1.54, 1.807) is 19.9 Å². The van der Waals surface area contributed by atoms with Gasteiger partial charge in [0, 0.05) is 29.7 Å². The number of rotatable bonds is 6. The van der Waals surface area contributed by atoms with E-state index in [0.717, 1.165) is 12.3 Å². The second kappa shape index (κ2) is 8.35. The second-order valence-corrected chi connectivity index (χ2v) is 6.24. The van der Waals surface area contributed by atoms with Gasteiger partial charge in [-0.3, -0.25) is 15.6 Å². The van der Waals surface area contributed by atoms with Crippen molar-refractivity contribution < 1.29 is 22.7 Å². The Hall–Kier alpha value is -3.70. The van der Waals surface area contributed by atoms with Gasteiger partial charge in [-0.15, -0.1) is 0 Å². The molecule has 0 aromatic carbocycles. The van der Waals surface area contributed by atoms with Gasteiger partial charge in [-0.1, -0.05) is 0 Å². The molecule has 3 aromatic heterocycles. The molecule has 2 N–H and O–H groups in total. The summed E-state index contributed by atoms with van der Waals surface area (Å²) in [5.74, 6) is 0.324. The molecule has 0 bridgehead atoms. The Morgan fingerprint density at radius 2 is 1.97 bits per heavy atom. The zero-order valence-corrected chi connectivity index (χ0v) is 16.3. The Balaban J connectivity index is 1.71. The lowest BCUT2D eigenvalue weighted by Crippen LogP contribution is -2.31. The van der Waals surface area contributed by atoms with E-state index in [2.05, 4.69) is 30.9 Å². The van der Waals surface area contributed by atoms with E-state index in [9.17, 15) is 18.0 Å². The second-order valence-electron chi connectivity index (χ2n) is 6.24. The number of alkyl halides is 3. The Bertz CT molecular complexity index is 1050. The molecule has 0 unspecified atom stereocenters. The van der Waals surface area contributed by atoms with E-state index < -0.39 is 11.7 Å². The fourth-order valence-corrected chi connectivity index (χ4v) is 2.68. The van der Waals surface area contributed by atoms with E-state index >= 15 is 0 Å². The zero-order valence-electron chi connectivity index (χ0n) is 16.3. The molecule has 0 aliphatic heterocycles. The lowest BCUT2D eigenvalue weighted by molar-refractivity contribution is -0.137. The average Bonchev–Trinajstić information content (AvgIpc) is 3.00. The van der Waals surface area contributed by atoms with Crippen molar-refractivity contribution in [2.24, 2.45) is 0 Å². The van der Waals surface area contributed by atoms with Crippen molar-refractivity contribution in [1.29, 1.82) is 0 Å². The van der Waals surface area contributed by atoms with Gasteiger partial charge in [0.15, 0.2) is 5.82 Å².